The fourth-order valence-corrected chi connectivity index (χ4v) is 2.14. The van der Waals surface area contributed by atoms with E-state index in [0.29, 0.717) is 0 Å². The lowest BCUT2D eigenvalue weighted by molar-refractivity contribution is -0.0171. The normalized spacial score (nSPS) is 39.5. The molecule has 2 rings (SSSR count). The molecule has 0 radical (unpaired) electrons. The van der Waals surface area contributed by atoms with Gasteiger partial charge in [0.2, 0.25) is 0 Å². The summed E-state index contributed by atoms with van der Waals surface area (Å²) in [5.74, 6) is 0.751. The van der Waals surface area contributed by atoms with Crippen LogP contribution in [0.15, 0.2) is 0 Å². The first-order valence-electron chi connectivity index (χ1n) is 4.13. The van der Waals surface area contributed by atoms with Crippen LogP contribution in [0.4, 0.5) is 4.79 Å². The molecule has 0 aliphatic heterocycles. The van der Waals surface area contributed by atoms with Gasteiger partial charge in [0.05, 0.1) is 7.11 Å². The number of carbonyl (C=O) groups is 1. The smallest absolute Gasteiger partial charge is 0.407 e. The molecule has 2 saturated carbocycles. The molecule has 0 atom stereocenters. The molecule has 2 aliphatic carbocycles. The van der Waals surface area contributed by atoms with Gasteiger partial charge in [-0.3, -0.25) is 0 Å². The molecule has 2 fully saturated rings. The summed E-state index contributed by atoms with van der Waals surface area (Å²) in [5.41, 5.74) is 0.160. The van der Waals surface area contributed by atoms with Crippen molar-refractivity contribution in [2.45, 2.75) is 31.2 Å². The predicted molar refractivity (Wildman–Crippen MR) is 40.2 cm³/mol. The predicted octanol–water partition coefficient (Wildman–Crippen LogP) is 1.28. The molecule has 3 heteroatoms. The van der Waals surface area contributed by atoms with E-state index in [-0.39, 0.29) is 11.6 Å². The van der Waals surface area contributed by atoms with Crippen molar-refractivity contribution in [2.75, 3.05) is 7.11 Å². The first-order valence-corrected chi connectivity index (χ1v) is 4.13. The molecule has 0 unspecified atom stereocenters. The maximum atomic E-state index is 10.9. The summed E-state index contributed by atoms with van der Waals surface area (Å²) in [6, 6.07) is 0. The van der Waals surface area contributed by atoms with Gasteiger partial charge in [-0.25, -0.2) is 4.79 Å². The van der Waals surface area contributed by atoms with Crippen LogP contribution in [-0.2, 0) is 4.74 Å². The van der Waals surface area contributed by atoms with E-state index in [9.17, 15) is 4.79 Å². The fourth-order valence-electron chi connectivity index (χ4n) is 2.14. The largest absolute Gasteiger partial charge is 0.453 e. The Morgan fingerprint density at radius 3 is 2.45 bits per heavy atom. The Kier molecular flexibility index (Phi) is 1.34. The summed E-state index contributed by atoms with van der Waals surface area (Å²) < 4.78 is 4.55. The number of nitrogens with one attached hydrogen (secondary N) is 1. The molecule has 3 nitrogen and oxygen atoms in total. The Morgan fingerprint density at radius 2 is 2.18 bits per heavy atom. The van der Waals surface area contributed by atoms with E-state index in [0.717, 1.165) is 18.8 Å². The van der Waals surface area contributed by atoms with Crippen molar-refractivity contribution < 1.29 is 9.53 Å². The quantitative estimate of drug-likeness (QED) is 0.619. The number of ether oxygens (including phenoxy) is 1. The third-order valence-electron chi connectivity index (χ3n) is 3.20. The second-order valence-electron chi connectivity index (χ2n) is 3.55. The van der Waals surface area contributed by atoms with Crippen molar-refractivity contribution in [3.63, 3.8) is 0 Å². The van der Waals surface area contributed by atoms with Gasteiger partial charge in [0.1, 0.15) is 0 Å². The molecule has 0 saturated heterocycles. The lowest BCUT2D eigenvalue weighted by Crippen LogP contribution is -2.66. The molecule has 62 valence electrons. The van der Waals surface area contributed by atoms with Gasteiger partial charge in [-0.05, 0) is 31.6 Å². The second-order valence-corrected chi connectivity index (χ2v) is 3.55. The van der Waals surface area contributed by atoms with Gasteiger partial charge in [0, 0.05) is 5.54 Å². The van der Waals surface area contributed by atoms with E-state index in [2.05, 4.69) is 10.1 Å². The molecule has 2 aliphatic rings. The molecule has 11 heavy (non-hydrogen) atoms. The van der Waals surface area contributed by atoms with Crippen LogP contribution in [0.5, 0.6) is 0 Å². The highest BCUT2D eigenvalue weighted by Crippen LogP contribution is 2.53. The fraction of sp³-hybridized carbons (Fsp3) is 0.875. The van der Waals surface area contributed by atoms with E-state index >= 15 is 0 Å². The van der Waals surface area contributed by atoms with E-state index in [4.69, 9.17) is 0 Å². The first-order chi connectivity index (χ1) is 5.27. The summed E-state index contributed by atoms with van der Waals surface area (Å²) in [6.45, 7) is 0. The van der Waals surface area contributed by atoms with Crippen molar-refractivity contribution in [3.8, 4) is 0 Å². The zero-order valence-electron chi connectivity index (χ0n) is 6.72. The minimum atomic E-state index is -0.269. The number of alkyl carbamates (subject to hydrolysis) is 1. The Bertz CT molecular complexity index is 183. The first kappa shape index (κ1) is 6.95. The summed E-state index contributed by atoms with van der Waals surface area (Å²) in [6.07, 6.45) is 4.59. The summed E-state index contributed by atoms with van der Waals surface area (Å²) in [4.78, 5) is 10.9. The van der Waals surface area contributed by atoms with Crippen LogP contribution < -0.4 is 5.32 Å². The Morgan fingerprint density at radius 1 is 1.55 bits per heavy atom. The highest BCUT2D eigenvalue weighted by molar-refractivity contribution is 5.68. The number of hydrogen-bond acceptors (Lipinski definition) is 2. The maximum Gasteiger partial charge on any atom is 0.407 e. The lowest BCUT2D eigenvalue weighted by atomic mass is 9.53. The van der Waals surface area contributed by atoms with Gasteiger partial charge in [0.15, 0.2) is 0 Å². The van der Waals surface area contributed by atoms with E-state index in [1.165, 1.54) is 20.0 Å². The van der Waals surface area contributed by atoms with Crippen molar-refractivity contribution in [1.29, 1.82) is 0 Å². The molecule has 0 heterocycles. The molecular formula is C8H13NO2. The number of rotatable bonds is 1. The third kappa shape index (κ3) is 0.832. The van der Waals surface area contributed by atoms with Crippen molar-refractivity contribution in [2.24, 2.45) is 5.92 Å². The zero-order chi connectivity index (χ0) is 7.90. The summed E-state index contributed by atoms with van der Waals surface area (Å²) >= 11 is 0. The number of hydrogen-bond donors (Lipinski definition) is 1. The molecule has 0 bridgehead atoms. The Balaban J connectivity index is 1.90. The van der Waals surface area contributed by atoms with Crippen LogP contribution in [0.2, 0.25) is 0 Å². The van der Waals surface area contributed by atoms with E-state index in [1.807, 2.05) is 0 Å². The molecule has 0 aromatic carbocycles. The summed E-state index contributed by atoms with van der Waals surface area (Å²) in [7, 11) is 1.41. The van der Waals surface area contributed by atoms with Crippen molar-refractivity contribution in [3.05, 3.63) is 0 Å². The van der Waals surface area contributed by atoms with Crippen LogP contribution in [0.3, 0.4) is 0 Å². The van der Waals surface area contributed by atoms with Gasteiger partial charge in [-0.1, -0.05) is 0 Å². The minimum Gasteiger partial charge on any atom is -0.453 e. The molecule has 0 spiro atoms. The SMILES string of the molecule is COC(=O)NC12CCC1CC2. The number of fused-ring (bicyclic) bond motifs is 1. The van der Waals surface area contributed by atoms with Gasteiger partial charge < -0.3 is 10.1 Å². The second kappa shape index (κ2) is 2.13. The maximum absolute atomic E-state index is 10.9. The minimum absolute atomic E-state index is 0.160. The van der Waals surface area contributed by atoms with Gasteiger partial charge in [-0.15, -0.1) is 0 Å². The van der Waals surface area contributed by atoms with Crippen molar-refractivity contribution in [1.82, 2.24) is 5.32 Å². The highest BCUT2D eigenvalue weighted by atomic mass is 16.5. The summed E-state index contributed by atoms with van der Waals surface area (Å²) in [5, 5.41) is 2.92. The molecule has 1 amide bonds. The molecule has 1 N–H and O–H groups in total. The molecule has 0 aromatic rings. The van der Waals surface area contributed by atoms with Crippen molar-refractivity contribution >= 4 is 6.09 Å². The number of carbonyl (C=O) groups excluding carboxylic acids is 1. The standard InChI is InChI=1S/C8H13NO2/c1-11-7(10)9-8-4-2-6(8)3-5-8/h6H,2-5H2,1H3,(H,9,10). The average molecular weight is 155 g/mol. The van der Waals surface area contributed by atoms with Crippen LogP contribution in [0.25, 0.3) is 0 Å². The topological polar surface area (TPSA) is 38.3 Å². The molecule has 0 aromatic heterocycles. The monoisotopic (exact) mass is 155 g/mol. The Labute approximate surface area is 66.1 Å². The Hall–Kier alpha value is -0.730. The lowest BCUT2D eigenvalue weighted by Gasteiger charge is -2.58. The van der Waals surface area contributed by atoms with Gasteiger partial charge >= 0.3 is 6.09 Å². The number of methoxy groups -OCH3 is 1. The van der Waals surface area contributed by atoms with Crippen LogP contribution in [0, 0.1) is 5.92 Å². The van der Waals surface area contributed by atoms with Crippen LogP contribution in [-0.4, -0.2) is 18.7 Å². The highest BCUT2D eigenvalue weighted by Gasteiger charge is 2.54. The number of amides is 1. The zero-order valence-corrected chi connectivity index (χ0v) is 6.72. The third-order valence-corrected chi connectivity index (χ3v) is 3.20. The molecular weight excluding hydrogens is 142 g/mol. The van der Waals surface area contributed by atoms with Gasteiger partial charge in [-0.2, -0.15) is 0 Å². The average Bonchev–Trinajstić information content (AvgIpc) is 2.01. The van der Waals surface area contributed by atoms with E-state index < -0.39 is 0 Å². The van der Waals surface area contributed by atoms with E-state index in [1.54, 1.807) is 0 Å². The van der Waals surface area contributed by atoms with Crippen LogP contribution >= 0.6 is 0 Å². The van der Waals surface area contributed by atoms with Crippen LogP contribution in [0.1, 0.15) is 25.7 Å². The van der Waals surface area contributed by atoms with Gasteiger partial charge in [0.25, 0.3) is 0 Å².